The first-order chi connectivity index (χ1) is 8.07. The highest BCUT2D eigenvalue weighted by Crippen LogP contribution is 1.99. The number of ether oxygens (including phenoxy) is 1. The summed E-state index contributed by atoms with van der Waals surface area (Å²) >= 11 is 0. The van der Waals surface area contributed by atoms with Crippen LogP contribution in [0.2, 0.25) is 0 Å². The predicted molar refractivity (Wildman–Crippen MR) is 60.4 cm³/mol. The lowest BCUT2D eigenvalue weighted by molar-refractivity contribution is -0.159. The molecule has 1 aromatic carbocycles. The third-order valence-corrected chi connectivity index (χ3v) is 1.56. The van der Waals surface area contributed by atoms with Crippen molar-refractivity contribution < 1.29 is 24.5 Å². The Morgan fingerprint density at radius 1 is 1.12 bits per heavy atom. The van der Waals surface area contributed by atoms with Crippen LogP contribution < -0.4 is 5.73 Å². The van der Waals surface area contributed by atoms with E-state index in [1.165, 1.54) is 5.56 Å². The zero-order valence-electron chi connectivity index (χ0n) is 9.20. The number of carbonyl (C=O) groups is 2. The fraction of sp³-hybridized carbons (Fsp3) is 0.273. The van der Waals surface area contributed by atoms with Crippen molar-refractivity contribution in [3.63, 3.8) is 0 Å². The molecule has 0 bridgehead atoms. The summed E-state index contributed by atoms with van der Waals surface area (Å²) < 4.78 is 5.24. The van der Waals surface area contributed by atoms with Gasteiger partial charge in [0.1, 0.15) is 0 Å². The van der Waals surface area contributed by atoms with Crippen LogP contribution in [0, 0.1) is 0 Å². The van der Waals surface area contributed by atoms with Crippen LogP contribution in [0.15, 0.2) is 30.3 Å². The van der Waals surface area contributed by atoms with Crippen LogP contribution in [0.4, 0.5) is 0 Å². The van der Waals surface area contributed by atoms with E-state index in [1.807, 2.05) is 30.3 Å². The molecule has 0 aliphatic carbocycles. The molecule has 1 rings (SSSR count). The number of carboxylic acids is 2. The van der Waals surface area contributed by atoms with E-state index in [9.17, 15) is 0 Å². The van der Waals surface area contributed by atoms with Gasteiger partial charge in [0.05, 0.1) is 13.2 Å². The maximum absolute atomic E-state index is 9.10. The van der Waals surface area contributed by atoms with E-state index < -0.39 is 11.9 Å². The van der Waals surface area contributed by atoms with Crippen LogP contribution in [-0.2, 0) is 20.9 Å². The molecule has 0 aliphatic rings. The molecule has 6 heteroatoms. The molecule has 17 heavy (non-hydrogen) atoms. The molecule has 0 unspecified atom stereocenters. The Morgan fingerprint density at radius 2 is 1.65 bits per heavy atom. The van der Waals surface area contributed by atoms with Crippen LogP contribution in [-0.4, -0.2) is 35.3 Å². The number of aliphatic carboxylic acids is 2. The van der Waals surface area contributed by atoms with Gasteiger partial charge in [-0.1, -0.05) is 30.3 Å². The summed E-state index contributed by atoms with van der Waals surface area (Å²) in [6, 6.07) is 10.1. The highest BCUT2D eigenvalue weighted by molar-refractivity contribution is 6.27. The van der Waals surface area contributed by atoms with Crippen molar-refractivity contribution in [3.05, 3.63) is 35.9 Å². The van der Waals surface area contributed by atoms with E-state index in [0.29, 0.717) is 19.8 Å². The number of benzene rings is 1. The Labute approximate surface area is 98.6 Å². The fourth-order valence-electron chi connectivity index (χ4n) is 0.848. The highest BCUT2D eigenvalue weighted by Gasteiger charge is 2.04. The van der Waals surface area contributed by atoms with E-state index in [1.54, 1.807) is 0 Å². The smallest absolute Gasteiger partial charge is 0.414 e. The van der Waals surface area contributed by atoms with Crippen molar-refractivity contribution in [2.24, 2.45) is 5.73 Å². The summed E-state index contributed by atoms with van der Waals surface area (Å²) in [4.78, 5) is 18.2. The van der Waals surface area contributed by atoms with Crippen molar-refractivity contribution in [1.82, 2.24) is 0 Å². The molecule has 0 spiro atoms. The average Bonchev–Trinajstić information content (AvgIpc) is 2.31. The van der Waals surface area contributed by atoms with Gasteiger partial charge in [0.2, 0.25) is 0 Å². The Morgan fingerprint density at radius 3 is 2.06 bits per heavy atom. The van der Waals surface area contributed by atoms with Gasteiger partial charge in [0.15, 0.2) is 0 Å². The standard InChI is InChI=1S/C9H13NO.C2H2O4/c10-6-7-11-8-9-4-2-1-3-5-9;3-1(4)2(5)6/h1-5H,6-8,10H2;(H,3,4)(H,5,6). The van der Waals surface area contributed by atoms with Crippen LogP contribution >= 0.6 is 0 Å². The second-order valence-corrected chi connectivity index (χ2v) is 2.94. The molecule has 0 atom stereocenters. The zero-order valence-corrected chi connectivity index (χ0v) is 9.20. The van der Waals surface area contributed by atoms with Gasteiger partial charge in [-0.3, -0.25) is 0 Å². The zero-order chi connectivity index (χ0) is 13.1. The van der Waals surface area contributed by atoms with Gasteiger partial charge in [-0.25, -0.2) is 9.59 Å². The summed E-state index contributed by atoms with van der Waals surface area (Å²) in [5.74, 6) is -3.65. The number of nitrogens with two attached hydrogens (primary N) is 1. The Kier molecular flexibility index (Phi) is 8.26. The first-order valence-electron chi connectivity index (χ1n) is 4.86. The Hall–Kier alpha value is -1.92. The van der Waals surface area contributed by atoms with Crippen molar-refractivity contribution in [2.75, 3.05) is 13.2 Å². The lowest BCUT2D eigenvalue weighted by atomic mass is 10.2. The van der Waals surface area contributed by atoms with Gasteiger partial charge in [0, 0.05) is 6.54 Å². The SMILES string of the molecule is NCCOCc1ccccc1.O=C(O)C(=O)O. The highest BCUT2D eigenvalue weighted by atomic mass is 16.5. The first-order valence-corrected chi connectivity index (χ1v) is 4.86. The molecule has 0 aliphatic heterocycles. The van der Waals surface area contributed by atoms with Crippen molar-refractivity contribution in [3.8, 4) is 0 Å². The van der Waals surface area contributed by atoms with Gasteiger partial charge in [-0.05, 0) is 5.56 Å². The summed E-state index contributed by atoms with van der Waals surface area (Å²) in [6.07, 6.45) is 0. The van der Waals surface area contributed by atoms with Crippen LogP contribution in [0.25, 0.3) is 0 Å². The molecule has 4 N–H and O–H groups in total. The van der Waals surface area contributed by atoms with E-state index in [4.69, 9.17) is 30.3 Å². The number of hydrogen-bond acceptors (Lipinski definition) is 4. The molecule has 0 amide bonds. The lowest BCUT2D eigenvalue weighted by Gasteiger charge is -2.00. The first kappa shape index (κ1) is 15.1. The summed E-state index contributed by atoms with van der Waals surface area (Å²) in [6.45, 7) is 1.89. The van der Waals surface area contributed by atoms with Gasteiger partial charge in [-0.2, -0.15) is 0 Å². The molecule has 0 heterocycles. The normalized spacial score (nSPS) is 9.00. The Bertz CT molecular complexity index is 327. The van der Waals surface area contributed by atoms with Gasteiger partial charge < -0.3 is 20.7 Å². The second-order valence-electron chi connectivity index (χ2n) is 2.94. The second kappa shape index (κ2) is 9.32. The lowest BCUT2D eigenvalue weighted by Crippen LogP contribution is -2.09. The molecule has 6 nitrogen and oxygen atoms in total. The molecule has 0 aromatic heterocycles. The topological polar surface area (TPSA) is 110 Å². The maximum Gasteiger partial charge on any atom is 0.414 e. The molecular weight excluding hydrogens is 226 g/mol. The molecule has 94 valence electrons. The third kappa shape index (κ3) is 9.04. The minimum Gasteiger partial charge on any atom is -0.473 e. The van der Waals surface area contributed by atoms with E-state index in [2.05, 4.69) is 0 Å². The number of carboxylic acid groups (broad SMARTS) is 2. The fourth-order valence-corrected chi connectivity index (χ4v) is 0.848. The summed E-state index contributed by atoms with van der Waals surface area (Å²) in [5.41, 5.74) is 6.46. The molecule has 0 saturated heterocycles. The maximum atomic E-state index is 9.10. The number of rotatable bonds is 4. The van der Waals surface area contributed by atoms with Crippen molar-refractivity contribution in [2.45, 2.75) is 6.61 Å². The van der Waals surface area contributed by atoms with Gasteiger partial charge >= 0.3 is 11.9 Å². The van der Waals surface area contributed by atoms with Crippen molar-refractivity contribution in [1.29, 1.82) is 0 Å². The minimum absolute atomic E-state index is 0.590. The van der Waals surface area contributed by atoms with Gasteiger partial charge in [-0.15, -0.1) is 0 Å². The van der Waals surface area contributed by atoms with Crippen molar-refractivity contribution >= 4 is 11.9 Å². The molecular formula is C11H15NO5. The molecule has 0 saturated carbocycles. The van der Waals surface area contributed by atoms with Crippen LogP contribution in [0.3, 0.4) is 0 Å². The van der Waals surface area contributed by atoms with E-state index in [0.717, 1.165) is 0 Å². The third-order valence-electron chi connectivity index (χ3n) is 1.56. The minimum atomic E-state index is -1.82. The van der Waals surface area contributed by atoms with E-state index >= 15 is 0 Å². The quantitative estimate of drug-likeness (QED) is 0.517. The summed E-state index contributed by atoms with van der Waals surface area (Å²) in [5, 5.41) is 14.8. The largest absolute Gasteiger partial charge is 0.473 e. The number of hydrogen-bond donors (Lipinski definition) is 3. The van der Waals surface area contributed by atoms with E-state index in [-0.39, 0.29) is 0 Å². The molecule has 0 radical (unpaired) electrons. The molecule has 1 aromatic rings. The molecule has 0 fully saturated rings. The van der Waals surface area contributed by atoms with Crippen LogP contribution in [0.1, 0.15) is 5.56 Å². The monoisotopic (exact) mass is 241 g/mol. The average molecular weight is 241 g/mol. The van der Waals surface area contributed by atoms with Crippen LogP contribution in [0.5, 0.6) is 0 Å². The predicted octanol–water partition coefficient (Wildman–Crippen LogP) is 0.317. The summed E-state index contributed by atoms with van der Waals surface area (Å²) in [7, 11) is 0. The Balaban J connectivity index is 0.000000366. The van der Waals surface area contributed by atoms with Gasteiger partial charge in [0.25, 0.3) is 0 Å².